The highest BCUT2D eigenvalue weighted by Crippen LogP contribution is 1.74. The minimum atomic E-state index is 0.102. The van der Waals surface area contributed by atoms with Gasteiger partial charge in [0.15, 0.2) is 0 Å². The Bertz CT molecular complexity index is 171. The topological polar surface area (TPSA) is 64.7 Å². The van der Waals surface area contributed by atoms with Gasteiger partial charge in [0.1, 0.15) is 7.85 Å². The molecule has 0 aliphatic heterocycles. The van der Waals surface area contributed by atoms with E-state index in [0.29, 0.717) is 0 Å². The van der Waals surface area contributed by atoms with Crippen LogP contribution in [-0.4, -0.2) is 23.0 Å². The Morgan fingerprint density at radius 1 is 1.62 bits per heavy atom. The molecule has 0 amide bonds. The summed E-state index contributed by atoms with van der Waals surface area (Å²) in [5, 5.41) is 6.80. The predicted molar refractivity (Wildman–Crippen MR) is 29.6 cm³/mol. The van der Waals surface area contributed by atoms with E-state index in [1.54, 1.807) is 0 Å². The van der Waals surface area contributed by atoms with E-state index in [9.17, 15) is 0 Å². The number of aromatic nitrogens is 3. The molecule has 38 valence electrons. The molecule has 1 aromatic heterocycles. The van der Waals surface area contributed by atoms with E-state index in [2.05, 4.69) is 15.2 Å². The lowest BCUT2D eigenvalue weighted by atomic mass is 10.1. The van der Waals surface area contributed by atoms with Crippen LogP contribution in [0.2, 0.25) is 0 Å². The lowest BCUT2D eigenvalue weighted by Gasteiger charge is -1.88. The molecule has 5 heteroatoms. The second-order valence-electron chi connectivity index (χ2n) is 1.24. The van der Waals surface area contributed by atoms with Crippen LogP contribution in [0.1, 0.15) is 0 Å². The summed E-state index contributed by atoms with van der Waals surface area (Å²) in [6.45, 7) is 0. The molecule has 8 heavy (non-hydrogen) atoms. The maximum atomic E-state index is 5.16. The molecule has 0 atom stereocenters. The molecule has 2 radical (unpaired) electrons. The zero-order chi connectivity index (χ0) is 5.98. The molecule has 0 aliphatic carbocycles. The molecule has 0 bridgehead atoms. The number of anilines is 1. The van der Waals surface area contributed by atoms with Gasteiger partial charge in [0, 0.05) is 5.59 Å². The molecular weight excluding hydrogens is 103 g/mol. The third kappa shape index (κ3) is 0.929. The minimum Gasteiger partial charge on any atom is -0.367 e. The molecule has 1 rings (SSSR count). The fourth-order valence-electron chi connectivity index (χ4n) is 0.331. The average molecular weight is 106 g/mol. The molecule has 0 spiro atoms. The Hall–Kier alpha value is -1.13. The molecule has 0 saturated heterocycles. The van der Waals surface area contributed by atoms with E-state index in [4.69, 9.17) is 13.6 Å². The third-order valence-corrected chi connectivity index (χ3v) is 0.594. The van der Waals surface area contributed by atoms with Crippen molar-refractivity contribution in [3.8, 4) is 0 Å². The Morgan fingerprint density at radius 2 is 2.38 bits per heavy atom. The molecule has 1 aromatic rings. The van der Waals surface area contributed by atoms with Crippen LogP contribution in [0.25, 0.3) is 0 Å². The Labute approximate surface area is 47.6 Å². The molecule has 0 saturated carbocycles. The minimum absolute atomic E-state index is 0.102. The van der Waals surface area contributed by atoms with Crippen LogP contribution in [0.5, 0.6) is 0 Å². The Morgan fingerprint density at radius 3 is 2.75 bits per heavy atom. The van der Waals surface area contributed by atoms with Crippen molar-refractivity contribution in [3.05, 3.63) is 6.20 Å². The normalized spacial score (nSPS) is 9.00. The van der Waals surface area contributed by atoms with Crippen molar-refractivity contribution in [3.63, 3.8) is 0 Å². The average Bonchev–Trinajstić information content (AvgIpc) is 1.64. The molecule has 0 fully saturated rings. The van der Waals surface area contributed by atoms with Gasteiger partial charge in [-0.3, -0.25) is 0 Å². The third-order valence-electron chi connectivity index (χ3n) is 0.594. The largest absolute Gasteiger partial charge is 0.367 e. The highest BCUT2D eigenvalue weighted by molar-refractivity contribution is 6.30. The fraction of sp³-hybridized carbons (Fsp3) is 0. The van der Waals surface area contributed by atoms with Gasteiger partial charge in [-0.25, -0.2) is 4.98 Å². The first-order valence-electron chi connectivity index (χ1n) is 2.00. The van der Waals surface area contributed by atoms with Crippen molar-refractivity contribution in [2.45, 2.75) is 0 Å². The van der Waals surface area contributed by atoms with Crippen molar-refractivity contribution >= 4 is 19.4 Å². The number of nitrogens with zero attached hydrogens (tertiary/aromatic N) is 3. The zero-order valence-corrected chi connectivity index (χ0v) is 4.07. The van der Waals surface area contributed by atoms with Gasteiger partial charge in [0.2, 0.25) is 5.95 Å². The maximum absolute atomic E-state index is 5.16. The van der Waals surface area contributed by atoms with E-state index in [0.717, 1.165) is 0 Å². The summed E-state index contributed by atoms with van der Waals surface area (Å²) in [6, 6.07) is 0. The molecule has 1 heterocycles. The van der Waals surface area contributed by atoms with Gasteiger partial charge < -0.3 is 5.73 Å². The first-order chi connectivity index (χ1) is 3.79. The first-order valence-corrected chi connectivity index (χ1v) is 2.00. The standard InChI is InChI=1S/C3H3BN4/c4-2-1-6-8-3(5)7-2/h1H,(H2,5,7,8). The van der Waals surface area contributed by atoms with Crippen molar-refractivity contribution in [2.75, 3.05) is 5.73 Å². The summed E-state index contributed by atoms with van der Waals surface area (Å²) < 4.78 is 0. The summed E-state index contributed by atoms with van der Waals surface area (Å²) in [7, 11) is 5.16. The van der Waals surface area contributed by atoms with Crippen LogP contribution >= 0.6 is 0 Å². The second kappa shape index (κ2) is 1.77. The summed E-state index contributed by atoms with van der Waals surface area (Å²) in [5.41, 5.74) is 5.38. The summed E-state index contributed by atoms with van der Waals surface area (Å²) in [4.78, 5) is 3.56. The molecule has 0 aliphatic rings. The van der Waals surface area contributed by atoms with Gasteiger partial charge in [-0.15, -0.1) is 5.10 Å². The van der Waals surface area contributed by atoms with Crippen molar-refractivity contribution in [2.24, 2.45) is 0 Å². The van der Waals surface area contributed by atoms with E-state index < -0.39 is 0 Å². The number of nitrogens with two attached hydrogens (primary N) is 1. The SMILES string of the molecule is [B]c1cnnc(N)n1. The van der Waals surface area contributed by atoms with E-state index in [-0.39, 0.29) is 11.5 Å². The van der Waals surface area contributed by atoms with Crippen LogP contribution in [0.4, 0.5) is 5.95 Å². The lowest BCUT2D eigenvalue weighted by Crippen LogP contribution is -2.12. The van der Waals surface area contributed by atoms with Gasteiger partial charge in [0.25, 0.3) is 0 Å². The lowest BCUT2D eigenvalue weighted by molar-refractivity contribution is 1.00. The summed E-state index contributed by atoms with van der Waals surface area (Å²) in [6.07, 6.45) is 1.33. The molecule has 0 aromatic carbocycles. The smallest absolute Gasteiger partial charge is 0.239 e. The monoisotopic (exact) mass is 106 g/mol. The molecular formula is C3H3BN4. The molecule has 4 nitrogen and oxygen atoms in total. The van der Waals surface area contributed by atoms with Crippen LogP contribution in [-0.2, 0) is 0 Å². The zero-order valence-electron chi connectivity index (χ0n) is 4.07. The first kappa shape index (κ1) is 5.02. The van der Waals surface area contributed by atoms with E-state index in [1.165, 1.54) is 6.20 Å². The maximum Gasteiger partial charge on any atom is 0.239 e. The van der Waals surface area contributed by atoms with Gasteiger partial charge in [0.05, 0.1) is 6.20 Å². The number of nitrogen functional groups attached to an aromatic ring is 1. The van der Waals surface area contributed by atoms with Crippen molar-refractivity contribution < 1.29 is 0 Å². The summed E-state index contributed by atoms with van der Waals surface area (Å²) >= 11 is 0. The van der Waals surface area contributed by atoms with E-state index >= 15 is 0 Å². The molecule has 2 N–H and O–H groups in total. The van der Waals surface area contributed by atoms with Gasteiger partial charge in [-0.05, 0) is 0 Å². The van der Waals surface area contributed by atoms with Crippen LogP contribution in [0.15, 0.2) is 6.20 Å². The number of hydrogen-bond acceptors (Lipinski definition) is 4. The second-order valence-corrected chi connectivity index (χ2v) is 1.24. The highest BCUT2D eigenvalue weighted by Gasteiger charge is 1.85. The summed E-state index contributed by atoms with van der Waals surface area (Å²) in [5.74, 6) is 0.102. The van der Waals surface area contributed by atoms with Gasteiger partial charge >= 0.3 is 0 Å². The highest BCUT2D eigenvalue weighted by atomic mass is 15.2. The van der Waals surface area contributed by atoms with Gasteiger partial charge in [-0.1, -0.05) is 0 Å². The van der Waals surface area contributed by atoms with Gasteiger partial charge in [-0.2, -0.15) is 5.10 Å². The predicted octanol–water partition coefficient (Wildman–Crippen LogP) is -1.75. The van der Waals surface area contributed by atoms with E-state index in [1.807, 2.05) is 0 Å². The van der Waals surface area contributed by atoms with Crippen LogP contribution < -0.4 is 11.3 Å². The fourth-order valence-corrected chi connectivity index (χ4v) is 0.331. The number of rotatable bonds is 0. The Kier molecular flexibility index (Phi) is 1.11. The Balaban J connectivity index is 3.08. The quantitative estimate of drug-likeness (QED) is 0.398. The van der Waals surface area contributed by atoms with Crippen LogP contribution in [0.3, 0.4) is 0 Å². The molecule has 0 unspecified atom stereocenters. The number of hydrogen-bond donors (Lipinski definition) is 1. The van der Waals surface area contributed by atoms with Crippen molar-refractivity contribution in [1.82, 2.24) is 15.2 Å². The van der Waals surface area contributed by atoms with Crippen molar-refractivity contribution in [1.29, 1.82) is 0 Å². The van der Waals surface area contributed by atoms with Crippen LogP contribution in [0, 0.1) is 0 Å².